The summed E-state index contributed by atoms with van der Waals surface area (Å²) in [5, 5.41) is 14.0. The minimum Gasteiger partial charge on any atom is -0.545 e. The number of hydrogen-bond acceptors (Lipinski definition) is 5. The van der Waals surface area contributed by atoms with Crippen LogP contribution in [-0.4, -0.2) is 23.7 Å². The number of aromatic carboxylic acids is 1. The second kappa shape index (κ2) is 9.24. The lowest BCUT2D eigenvalue weighted by Crippen LogP contribution is -2.29. The molecular weight excluding hydrogens is 524 g/mol. The number of imide groups is 1. The van der Waals surface area contributed by atoms with E-state index in [1.54, 1.807) is 18.2 Å². The van der Waals surface area contributed by atoms with Crippen molar-refractivity contribution in [1.29, 1.82) is 0 Å². The number of carboxylic acid groups (broad SMARTS) is 1. The highest BCUT2D eigenvalue weighted by atomic mass is 79.9. The molecule has 176 valence electrons. The molecule has 1 aliphatic heterocycles. The SMILES string of the molecule is O=C(Nc1ccc(Br)cc1C(=O)[O-])c1ccc2c(c1)C(=O)N(c1ccccc1-c1ccccc1)C2=O. The molecule has 1 aliphatic rings. The Kier molecular flexibility index (Phi) is 5.95. The average Bonchev–Trinajstić information content (AvgIpc) is 3.14. The molecular formula is C28H16BrN2O5-. The summed E-state index contributed by atoms with van der Waals surface area (Å²) in [6.45, 7) is 0. The van der Waals surface area contributed by atoms with Crippen molar-refractivity contribution >= 4 is 51.0 Å². The number of para-hydroxylation sites is 1. The van der Waals surface area contributed by atoms with E-state index < -0.39 is 23.7 Å². The number of hydrogen-bond donors (Lipinski definition) is 1. The number of anilines is 2. The highest BCUT2D eigenvalue weighted by Crippen LogP contribution is 2.36. The molecule has 4 aromatic carbocycles. The molecule has 3 amide bonds. The molecule has 0 bridgehead atoms. The topological polar surface area (TPSA) is 107 Å². The molecule has 1 heterocycles. The Labute approximate surface area is 214 Å². The minimum absolute atomic E-state index is 0.0458. The Morgan fingerprint density at radius 3 is 2.19 bits per heavy atom. The van der Waals surface area contributed by atoms with Crippen LogP contribution in [0.4, 0.5) is 11.4 Å². The van der Waals surface area contributed by atoms with Crippen molar-refractivity contribution < 1.29 is 24.3 Å². The zero-order valence-electron chi connectivity index (χ0n) is 18.5. The largest absolute Gasteiger partial charge is 0.545 e. The van der Waals surface area contributed by atoms with Crippen LogP contribution < -0.4 is 15.3 Å². The van der Waals surface area contributed by atoms with Crippen LogP contribution in [0.15, 0.2) is 95.5 Å². The van der Waals surface area contributed by atoms with E-state index in [2.05, 4.69) is 21.2 Å². The first kappa shape index (κ1) is 23.2. The molecule has 0 fully saturated rings. The maximum absolute atomic E-state index is 13.4. The lowest BCUT2D eigenvalue weighted by atomic mass is 10.0. The number of nitrogens with one attached hydrogen (secondary N) is 1. The molecule has 0 spiro atoms. The quantitative estimate of drug-likeness (QED) is 0.375. The van der Waals surface area contributed by atoms with Crippen LogP contribution in [0.2, 0.25) is 0 Å². The third-order valence-electron chi connectivity index (χ3n) is 5.83. The molecule has 0 saturated carbocycles. The van der Waals surface area contributed by atoms with Crippen molar-refractivity contribution in [2.45, 2.75) is 0 Å². The van der Waals surface area contributed by atoms with E-state index in [9.17, 15) is 24.3 Å². The van der Waals surface area contributed by atoms with Gasteiger partial charge in [-0.25, -0.2) is 4.90 Å². The fourth-order valence-corrected chi connectivity index (χ4v) is 4.48. The number of carbonyl (C=O) groups excluding carboxylic acids is 4. The second-order valence-corrected chi connectivity index (χ2v) is 8.94. The first-order valence-electron chi connectivity index (χ1n) is 10.8. The first-order valence-corrected chi connectivity index (χ1v) is 11.6. The molecule has 1 N–H and O–H groups in total. The highest BCUT2D eigenvalue weighted by Gasteiger charge is 2.38. The maximum Gasteiger partial charge on any atom is 0.266 e. The molecule has 8 heteroatoms. The zero-order chi connectivity index (χ0) is 25.4. The summed E-state index contributed by atoms with van der Waals surface area (Å²) in [7, 11) is 0. The summed E-state index contributed by atoms with van der Waals surface area (Å²) in [4.78, 5) is 52.1. The van der Waals surface area contributed by atoms with Gasteiger partial charge in [-0.3, -0.25) is 14.4 Å². The van der Waals surface area contributed by atoms with Crippen LogP contribution in [0, 0.1) is 0 Å². The smallest absolute Gasteiger partial charge is 0.266 e. The number of benzene rings is 4. The Balaban J connectivity index is 1.48. The van der Waals surface area contributed by atoms with Crippen molar-refractivity contribution in [2.24, 2.45) is 0 Å². The molecule has 36 heavy (non-hydrogen) atoms. The molecule has 4 aromatic rings. The molecule has 0 aromatic heterocycles. The fraction of sp³-hybridized carbons (Fsp3) is 0. The van der Waals surface area contributed by atoms with E-state index in [1.165, 1.54) is 30.3 Å². The van der Waals surface area contributed by atoms with Crippen LogP contribution >= 0.6 is 15.9 Å². The summed E-state index contributed by atoms with van der Waals surface area (Å²) < 4.78 is 0.511. The fourth-order valence-electron chi connectivity index (χ4n) is 4.12. The van der Waals surface area contributed by atoms with Gasteiger partial charge in [-0.1, -0.05) is 64.5 Å². The Hall–Kier alpha value is -4.56. The van der Waals surface area contributed by atoms with Crippen molar-refractivity contribution in [3.63, 3.8) is 0 Å². The molecule has 7 nitrogen and oxygen atoms in total. The van der Waals surface area contributed by atoms with Crippen molar-refractivity contribution in [2.75, 3.05) is 10.2 Å². The molecule has 0 saturated heterocycles. The number of nitrogens with zero attached hydrogens (tertiary/aromatic N) is 1. The summed E-state index contributed by atoms with van der Waals surface area (Å²) in [5.74, 6) is -3.12. The van der Waals surface area contributed by atoms with Gasteiger partial charge in [0.1, 0.15) is 0 Å². The first-order chi connectivity index (χ1) is 17.3. The molecule has 0 atom stereocenters. The Morgan fingerprint density at radius 1 is 0.750 bits per heavy atom. The van der Waals surface area contributed by atoms with Gasteiger partial charge in [0.15, 0.2) is 0 Å². The standard InChI is InChI=1S/C28H17BrN2O5/c29-18-11-13-23(22(15-18)28(35)36)30-25(32)17-10-12-20-21(14-17)27(34)31(26(20)33)24-9-5-4-8-19(24)16-6-2-1-3-7-16/h1-15H,(H,30,32)(H,35,36)/p-1. The van der Waals surface area contributed by atoms with Crippen molar-refractivity contribution in [1.82, 2.24) is 0 Å². The summed E-state index contributed by atoms with van der Waals surface area (Å²) in [6, 6.07) is 25.0. The van der Waals surface area contributed by atoms with Crippen LogP contribution in [0.25, 0.3) is 11.1 Å². The lowest BCUT2D eigenvalue weighted by Gasteiger charge is -2.18. The molecule has 0 aliphatic carbocycles. The third-order valence-corrected chi connectivity index (χ3v) is 6.32. The number of carbonyl (C=O) groups is 4. The van der Waals surface area contributed by atoms with Gasteiger partial charge in [0.05, 0.1) is 28.5 Å². The summed E-state index contributed by atoms with van der Waals surface area (Å²) in [6.07, 6.45) is 0. The predicted molar refractivity (Wildman–Crippen MR) is 136 cm³/mol. The average molecular weight is 540 g/mol. The van der Waals surface area contributed by atoms with Gasteiger partial charge in [-0.15, -0.1) is 0 Å². The van der Waals surface area contributed by atoms with Gasteiger partial charge in [0, 0.05) is 21.2 Å². The number of carboxylic acids is 1. The van der Waals surface area contributed by atoms with Gasteiger partial charge >= 0.3 is 0 Å². The third kappa shape index (κ3) is 4.08. The Bertz CT molecular complexity index is 1570. The predicted octanol–water partition coefficient (Wildman–Crippen LogP) is 4.53. The number of halogens is 1. The van der Waals surface area contributed by atoms with Crippen LogP contribution in [-0.2, 0) is 0 Å². The van der Waals surface area contributed by atoms with Gasteiger partial charge < -0.3 is 15.2 Å². The summed E-state index contributed by atoms with van der Waals surface area (Å²) >= 11 is 3.19. The van der Waals surface area contributed by atoms with Crippen LogP contribution in [0.3, 0.4) is 0 Å². The Morgan fingerprint density at radius 2 is 1.44 bits per heavy atom. The monoisotopic (exact) mass is 539 g/mol. The second-order valence-electron chi connectivity index (χ2n) is 8.02. The molecule has 0 unspecified atom stereocenters. The highest BCUT2D eigenvalue weighted by molar-refractivity contribution is 9.10. The zero-order valence-corrected chi connectivity index (χ0v) is 20.1. The van der Waals surface area contributed by atoms with Gasteiger partial charge in [-0.05, 0) is 48.0 Å². The van der Waals surface area contributed by atoms with Gasteiger partial charge in [0.25, 0.3) is 17.7 Å². The lowest BCUT2D eigenvalue weighted by molar-refractivity contribution is -0.254. The van der Waals surface area contributed by atoms with E-state index >= 15 is 0 Å². The maximum atomic E-state index is 13.4. The van der Waals surface area contributed by atoms with Crippen LogP contribution in [0.1, 0.15) is 41.4 Å². The minimum atomic E-state index is -1.45. The van der Waals surface area contributed by atoms with E-state index in [4.69, 9.17) is 0 Å². The molecule has 0 radical (unpaired) electrons. The normalized spacial score (nSPS) is 12.4. The van der Waals surface area contributed by atoms with Crippen molar-refractivity contribution in [3.05, 3.63) is 118 Å². The number of rotatable bonds is 5. The summed E-state index contributed by atoms with van der Waals surface area (Å²) in [5.41, 5.74) is 2.22. The van der Waals surface area contributed by atoms with Gasteiger partial charge in [-0.2, -0.15) is 0 Å². The van der Waals surface area contributed by atoms with Gasteiger partial charge in [0.2, 0.25) is 0 Å². The van der Waals surface area contributed by atoms with E-state index in [-0.39, 0.29) is 27.9 Å². The molecule has 5 rings (SSSR count). The van der Waals surface area contributed by atoms with E-state index in [1.807, 2.05) is 42.5 Å². The number of fused-ring (bicyclic) bond motifs is 1. The van der Waals surface area contributed by atoms with E-state index in [0.29, 0.717) is 10.2 Å². The van der Waals surface area contributed by atoms with Crippen molar-refractivity contribution in [3.8, 4) is 11.1 Å². The van der Waals surface area contributed by atoms with Crippen LogP contribution in [0.5, 0.6) is 0 Å². The number of amides is 3. The van der Waals surface area contributed by atoms with E-state index in [0.717, 1.165) is 16.0 Å².